The maximum Gasteiger partial charge on any atom is 0.232 e. The van der Waals surface area contributed by atoms with Crippen LogP contribution in [0.1, 0.15) is 38.7 Å². The number of rotatable bonds is 7. The van der Waals surface area contributed by atoms with Crippen molar-refractivity contribution in [3.05, 3.63) is 35.0 Å². The van der Waals surface area contributed by atoms with Crippen molar-refractivity contribution in [1.82, 2.24) is 10.3 Å². The molecule has 2 atom stereocenters. The van der Waals surface area contributed by atoms with Crippen LogP contribution in [-0.4, -0.2) is 18.1 Å². The lowest BCUT2D eigenvalue weighted by Gasteiger charge is -2.25. The minimum atomic E-state index is 0.553. The van der Waals surface area contributed by atoms with Crippen LogP contribution in [0.2, 0.25) is 5.02 Å². The predicted octanol–water partition coefficient (Wildman–Crippen LogP) is 4.22. The highest BCUT2D eigenvalue weighted by Crippen LogP contribution is 2.28. The number of aromatic nitrogens is 1. The molecule has 1 aliphatic rings. The number of ether oxygens (including phenoxy) is 1. The normalized spacial score (nSPS) is 21.5. The Morgan fingerprint density at radius 1 is 1.38 bits per heavy atom. The number of hydrogen-bond donors (Lipinski definition) is 1. The summed E-state index contributed by atoms with van der Waals surface area (Å²) < 4.78 is 5.83. The van der Waals surface area contributed by atoms with Crippen molar-refractivity contribution in [3.8, 4) is 5.88 Å². The third-order valence-corrected chi connectivity index (χ3v) is 4.24. The topological polar surface area (TPSA) is 34.2 Å². The van der Waals surface area contributed by atoms with E-state index in [1.807, 2.05) is 12.3 Å². The minimum Gasteiger partial charge on any atom is -0.476 e. The van der Waals surface area contributed by atoms with Gasteiger partial charge in [-0.05, 0) is 49.3 Å². The number of pyridine rings is 1. The van der Waals surface area contributed by atoms with Crippen LogP contribution in [0.25, 0.3) is 0 Å². The summed E-state index contributed by atoms with van der Waals surface area (Å²) in [7, 11) is 0. The van der Waals surface area contributed by atoms with Crippen LogP contribution in [-0.2, 0) is 6.54 Å². The zero-order valence-corrected chi connectivity index (χ0v) is 13.7. The SMILES string of the molecule is CCCNCc1cnc(OCC2CC=CCC2C)c(Cl)c1. The van der Waals surface area contributed by atoms with Crippen molar-refractivity contribution in [2.75, 3.05) is 13.2 Å². The van der Waals surface area contributed by atoms with Gasteiger partial charge in [0.25, 0.3) is 0 Å². The molecule has 116 valence electrons. The molecule has 3 nitrogen and oxygen atoms in total. The average Bonchev–Trinajstić information content (AvgIpc) is 2.48. The van der Waals surface area contributed by atoms with E-state index in [1.165, 1.54) is 0 Å². The number of allylic oxidation sites excluding steroid dienone is 2. The molecule has 0 saturated carbocycles. The van der Waals surface area contributed by atoms with Gasteiger partial charge in [-0.25, -0.2) is 4.98 Å². The van der Waals surface area contributed by atoms with Gasteiger partial charge in [-0.3, -0.25) is 0 Å². The Morgan fingerprint density at radius 2 is 2.19 bits per heavy atom. The maximum atomic E-state index is 6.27. The molecule has 0 spiro atoms. The van der Waals surface area contributed by atoms with Gasteiger partial charge >= 0.3 is 0 Å². The molecule has 1 aliphatic carbocycles. The molecule has 0 bridgehead atoms. The van der Waals surface area contributed by atoms with Crippen molar-refractivity contribution in [3.63, 3.8) is 0 Å². The molecule has 1 aromatic rings. The molecule has 0 fully saturated rings. The Labute approximate surface area is 132 Å². The summed E-state index contributed by atoms with van der Waals surface area (Å²) in [5, 5.41) is 3.94. The summed E-state index contributed by atoms with van der Waals surface area (Å²) in [5.74, 6) is 1.77. The van der Waals surface area contributed by atoms with Crippen molar-refractivity contribution >= 4 is 11.6 Å². The van der Waals surface area contributed by atoms with E-state index in [0.717, 1.165) is 37.9 Å². The van der Waals surface area contributed by atoms with Crippen molar-refractivity contribution in [1.29, 1.82) is 0 Å². The zero-order valence-electron chi connectivity index (χ0n) is 12.9. The van der Waals surface area contributed by atoms with Gasteiger partial charge in [0.1, 0.15) is 5.02 Å². The molecular formula is C17H25ClN2O. The Bertz CT molecular complexity index is 476. The summed E-state index contributed by atoms with van der Waals surface area (Å²) in [5.41, 5.74) is 1.09. The second-order valence-corrected chi connectivity index (χ2v) is 6.21. The molecule has 2 rings (SSSR count). The highest BCUT2D eigenvalue weighted by atomic mass is 35.5. The van der Waals surface area contributed by atoms with Crippen molar-refractivity contribution in [2.24, 2.45) is 11.8 Å². The van der Waals surface area contributed by atoms with Gasteiger partial charge in [0, 0.05) is 12.7 Å². The summed E-state index contributed by atoms with van der Waals surface area (Å²) in [6.07, 6.45) is 9.68. The monoisotopic (exact) mass is 308 g/mol. The molecule has 0 aromatic carbocycles. The number of nitrogens with one attached hydrogen (secondary N) is 1. The standard InChI is InChI=1S/C17H25ClN2O/c1-3-8-19-10-14-9-16(18)17(20-11-14)21-12-15-7-5-4-6-13(15)2/h4-5,9,11,13,15,19H,3,6-8,10,12H2,1-2H3. The van der Waals surface area contributed by atoms with E-state index in [-0.39, 0.29) is 0 Å². The van der Waals surface area contributed by atoms with Gasteiger partial charge < -0.3 is 10.1 Å². The molecule has 1 aromatic heterocycles. The minimum absolute atomic E-state index is 0.553. The van der Waals surface area contributed by atoms with Crippen LogP contribution in [0.3, 0.4) is 0 Å². The molecule has 21 heavy (non-hydrogen) atoms. The van der Waals surface area contributed by atoms with Crippen molar-refractivity contribution in [2.45, 2.75) is 39.7 Å². The van der Waals surface area contributed by atoms with E-state index in [9.17, 15) is 0 Å². The first-order valence-electron chi connectivity index (χ1n) is 7.83. The fourth-order valence-corrected chi connectivity index (χ4v) is 2.75. The summed E-state index contributed by atoms with van der Waals surface area (Å²) >= 11 is 6.27. The third kappa shape index (κ3) is 5.01. The number of halogens is 1. The Hall–Kier alpha value is -1.06. The number of nitrogens with zero attached hydrogens (tertiary/aromatic N) is 1. The highest BCUT2D eigenvalue weighted by molar-refractivity contribution is 6.31. The van der Waals surface area contributed by atoms with E-state index < -0.39 is 0 Å². The van der Waals surface area contributed by atoms with Crippen LogP contribution in [0.4, 0.5) is 0 Å². The Morgan fingerprint density at radius 3 is 2.90 bits per heavy atom. The van der Waals surface area contributed by atoms with E-state index in [0.29, 0.717) is 29.3 Å². The molecule has 4 heteroatoms. The lowest BCUT2D eigenvalue weighted by Crippen LogP contribution is -2.21. The highest BCUT2D eigenvalue weighted by Gasteiger charge is 2.19. The first-order chi connectivity index (χ1) is 10.2. The molecule has 2 unspecified atom stereocenters. The summed E-state index contributed by atoms with van der Waals surface area (Å²) in [4.78, 5) is 4.35. The fraction of sp³-hybridized carbons (Fsp3) is 0.588. The van der Waals surface area contributed by atoms with Crippen LogP contribution >= 0.6 is 11.6 Å². The first kappa shape index (κ1) is 16.3. The molecular weight excluding hydrogens is 284 g/mol. The van der Waals surface area contributed by atoms with Crippen LogP contribution in [0, 0.1) is 11.8 Å². The van der Waals surface area contributed by atoms with E-state index >= 15 is 0 Å². The smallest absolute Gasteiger partial charge is 0.232 e. The lowest BCUT2D eigenvalue weighted by molar-refractivity contribution is 0.193. The number of hydrogen-bond acceptors (Lipinski definition) is 3. The summed E-state index contributed by atoms with van der Waals surface area (Å²) in [6.45, 7) is 6.91. The van der Waals surface area contributed by atoms with E-state index in [2.05, 4.69) is 36.3 Å². The predicted molar refractivity (Wildman–Crippen MR) is 87.8 cm³/mol. The first-order valence-corrected chi connectivity index (χ1v) is 8.21. The second-order valence-electron chi connectivity index (χ2n) is 5.80. The fourth-order valence-electron chi connectivity index (χ4n) is 2.50. The van der Waals surface area contributed by atoms with Gasteiger partial charge in [0.15, 0.2) is 0 Å². The van der Waals surface area contributed by atoms with Crippen molar-refractivity contribution < 1.29 is 4.74 Å². The van der Waals surface area contributed by atoms with Gasteiger partial charge in [0.05, 0.1) is 6.61 Å². The van der Waals surface area contributed by atoms with Gasteiger partial charge in [-0.1, -0.05) is 37.6 Å². The lowest BCUT2D eigenvalue weighted by atomic mass is 9.85. The van der Waals surface area contributed by atoms with Crippen LogP contribution < -0.4 is 10.1 Å². The molecule has 1 N–H and O–H groups in total. The summed E-state index contributed by atoms with van der Waals surface area (Å²) in [6, 6.07) is 1.94. The molecule has 0 radical (unpaired) electrons. The Balaban J connectivity index is 1.87. The zero-order chi connectivity index (χ0) is 15.1. The average molecular weight is 309 g/mol. The van der Waals surface area contributed by atoms with Gasteiger partial charge in [0.2, 0.25) is 5.88 Å². The molecule has 0 aliphatic heterocycles. The molecule has 0 saturated heterocycles. The van der Waals surface area contributed by atoms with E-state index in [4.69, 9.17) is 16.3 Å². The maximum absolute atomic E-state index is 6.27. The Kier molecular flexibility index (Phi) is 6.52. The molecule has 1 heterocycles. The van der Waals surface area contributed by atoms with Crippen LogP contribution in [0.15, 0.2) is 24.4 Å². The van der Waals surface area contributed by atoms with Crippen LogP contribution in [0.5, 0.6) is 5.88 Å². The largest absolute Gasteiger partial charge is 0.476 e. The quantitative estimate of drug-likeness (QED) is 0.605. The van der Waals surface area contributed by atoms with E-state index in [1.54, 1.807) is 0 Å². The third-order valence-electron chi connectivity index (χ3n) is 3.97. The van der Waals surface area contributed by atoms with Gasteiger partial charge in [-0.15, -0.1) is 0 Å². The molecule has 0 amide bonds. The second kappa shape index (κ2) is 8.40. The van der Waals surface area contributed by atoms with Gasteiger partial charge in [-0.2, -0.15) is 0 Å².